The van der Waals surface area contributed by atoms with Crippen LogP contribution in [0.1, 0.15) is 36.9 Å². The van der Waals surface area contributed by atoms with Crippen LogP contribution in [0.5, 0.6) is 0 Å². The summed E-state index contributed by atoms with van der Waals surface area (Å²) in [4.78, 5) is 15.0. The molecule has 32 heavy (non-hydrogen) atoms. The van der Waals surface area contributed by atoms with E-state index in [1.807, 2.05) is 36.4 Å². The van der Waals surface area contributed by atoms with Gasteiger partial charge in [-0.2, -0.15) is 5.10 Å². The summed E-state index contributed by atoms with van der Waals surface area (Å²) < 4.78 is 13.2. The summed E-state index contributed by atoms with van der Waals surface area (Å²) in [6, 6.07) is 12.8. The lowest BCUT2D eigenvalue weighted by Gasteiger charge is -2.32. The summed E-state index contributed by atoms with van der Waals surface area (Å²) in [6.45, 7) is 1.98. The second-order valence-corrected chi connectivity index (χ2v) is 9.67. The van der Waals surface area contributed by atoms with Crippen molar-refractivity contribution in [3.63, 3.8) is 0 Å². The molecule has 2 aliphatic rings. The summed E-state index contributed by atoms with van der Waals surface area (Å²) in [5.41, 5.74) is 2.95. The molecule has 0 saturated carbocycles. The molecule has 0 spiro atoms. The average Bonchev–Trinajstić information content (AvgIpc) is 3.25. The average molecular weight is 451 g/mol. The molecule has 1 atom stereocenters. The van der Waals surface area contributed by atoms with Gasteiger partial charge in [0, 0.05) is 16.3 Å². The van der Waals surface area contributed by atoms with Gasteiger partial charge < -0.3 is 10.6 Å². The molecule has 3 heterocycles. The van der Waals surface area contributed by atoms with E-state index in [-0.39, 0.29) is 17.8 Å². The number of H-pyrrole nitrogens is 1. The highest BCUT2D eigenvalue weighted by atomic mass is 32.2. The van der Waals surface area contributed by atoms with E-state index < -0.39 is 0 Å². The van der Waals surface area contributed by atoms with Gasteiger partial charge in [-0.15, -0.1) is 0 Å². The monoisotopic (exact) mass is 450 g/mol. The zero-order chi connectivity index (χ0) is 21.9. The Labute approximate surface area is 191 Å². The molecule has 5 nitrogen and oxygen atoms in total. The van der Waals surface area contributed by atoms with Crippen molar-refractivity contribution in [2.75, 3.05) is 13.1 Å². The Balaban J connectivity index is 1.28. The Morgan fingerprint density at radius 2 is 2.00 bits per heavy atom. The lowest BCUT2D eigenvalue weighted by Crippen LogP contribution is -2.44. The number of piperidine rings is 1. The molecule has 1 fully saturated rings. The third-order valence-electron chi connectivity index (χ3n) is 6.45. The third kappa shape index (κ3) is 4.59. The molecule has 0 radical (unpaired) electrons. The normalized spacial score (nSPS) is 17.2. The van der Waals surface area contributed by atoms with E-state index in [2.05, 4.69) is 20.8 Å². The van der Waals surface area contributed by atoms with Crippen molar-refractivity contribution in [2.24, 2.45) is 5.92 Å². The number of aromatic nitrogens is 2. The van der Waals surface area contributed by atoms with Crippen LogP contribution in [0.3, 0.4) is 0 Å². The molecule has 0 aliphatic carbocycles. The Morgan fingerprint density at radius 1 is 1.19 bits per heavy atom. The smallest absolute Gasteiger partial charge is 0.258 e. The van der Waals surface area contributed by atoms with Crippen molar-refractivity contribution >= 4 is 34.6 Å². The highest BCUT2D eigenvalue weighted by Crippen LogP contribution is 2.40. The van der Waals surface area contributed by atoms with Crippen LogP contribution < -0.4 is 10.6 Å². The standard InChI is InChI=1S/C25H27FN4OS/c26-18-9-7-16(8-10-18)3-1-4-19(17-11-13-27-14-12-17)28-25(31)23-15-21-24-20(29-30-21)5-2-6-22(24)32-23/h2,5-10,15,17,19,27H,1,3-4,11-14H2,(H,28,31)(H,29,30). The maximum atomic E-state index is 13.3. The van der Waals surface area contributed by atoms with Crippen molar-refractivity contribution in [3.8, 4) is 0 Å². The Morgan fingerprint density at radius 3 is 2.81 bits per heavy atom. The van der Waals surface area contributed by atoms with Crippen LogP contribution in [-0.4, -0.2) is 35.2 Å². The van der Waals surface area contributed by atoms with Crippen molar-refractivity contribution in [2.45, 2.75) is 43.0 Å². The van der Waals surface area contributed by atoms with Gasteiger partial charge in [-0.1, -0.05) is 30.0 Å². The fourth-order valence-electron chi connectivity index (χ4n) is 4.73. The summed E-state index contributed by atoms with van der Waals surface area (Å²) in [6.07, 6.45) is 6.80. The first-order valence-corrected chi connectivity index (χ1v) is 12.1. The van der Waals surface area contributed by atoms with Crippen LogP contribution in [-0.2, 0) is 11.2 Å². The topological polar surface area (TPSA) is 69.8 Å². The van der Waals surface area contributed by atoms with E-state index >= 15 is 0 Å². The number of amides is 1. The quantitative estimate of drug-likeness (QED) is 0.490. The predicted octanol–water partition coefficient (Wildman–Crippen LogP) is 4.66. The third-order valence-corrected chi connectivity index (χ3v) is 7.54. The van der Waals surface area contributed by atoms with Crippen LogP contribution in [0.25, 0.3) is 17.0 Å². The van der Waals surface area contributed by atoms with Gasteiger partial charge in [0.15, 0.2) is 0 Å². The van der Waals surface area contributed by atoms with Gasteiger partial charge in [-0.05, 0) is 87.0 Å². The molecular weight excluding hydrogens is 423 g/mol. The number of nitrogens with one attached hydrogen (secondary N) is 3. The van der Waals surface area contributed by atoms with Crippen LogP contribution in [0, 0.1) is 11.7 Å². The molecule has 1 saturated heterocycles. The van der Waals surface area contributed by atoms with E-state index in [0.717, 1.165) is 72.2 Å². The maximum absolute atomic E-state index is 13.3. The Kier molecular flexibility index (Phi) is 6.28. The molecule has 2 aromatic carbocycles. The number of thioether (sulfide) groups is 1. The number of hydrogen-bond donors (Lipinski definition) is 3. The van der Waals surface area contributed by atoms with Crippen molar-refractivity contribution < 1.29 is 9.18 Å². The highest BCUT2D eigenvalue weighted by molar-refractivity contribution is 8.04. The first-order chi connectivity index (χ1) is 15.7. The fraction of sp³-hybridized carbons (Fsp3) is 0.360. The zero-order valence-electron chi connectivity index (χ0n) is 17.9. The summed E-state index contributed by atoms with van der Waals surface area (Å²) in [7, 11) is 0. The number of aryl methyl sites for hydroxylation is 1. The number of nitrogens with zero attached hydrogens (tertiary/aromatic N) is 1. The SMILES string of the molecule is O=C(NC(CCCc1ccc(F)cc1)C1CCNCC1)C1=Cc2[nH]nc3cccc(c23)S1. The van der Waals surface area contributed by atoms with Gasteiger partial charge in [0.05, 0.1) is 16.1 Å². The molecule has 3 aromatic rings. The van der Waals surface area contributed by atoms with E-state index in [4.69, 9.17) is 0 Å². The molecule has 7 heteroatoms. The molecule has 166 valence electrons. The Bertz CT molecular complexity index is 1130. The lowest BCUT2D eigenvalue weighted by molar-refractivity contribution is -0.117. The molecule has 2 aliphatic heterocycles. The van der Waals surface area contributed by atoms with Gasteiger partial charge in [-0.3, -0.25) is 9.89 Å². The number of aromatic amines is 1. The zero-order valence-corrected chi connectivity index (χ0v) is 18.7. The molecule has 1 aromatic heterocycles. The molecular formula is C25H27FN4OS. The molecule has 5 rings (SSSR count). The van der Waals surface area contributed by atoms with E-state index in [9.17, 15) is 9.18 Å². The fourth-order valence-corrected chi connectivity index (χ4v) is 5.76. The molecule has 0 bridgehead atoms. The van der Waals surface area contributed by atoms with Gasteiger partial charge in [0.1, 0.15) is 5.82 Å². The predicted molar refractivity (Wildman–Crippen MR) is 127 cm³/mol. The van der Waals surface area contributed by atoms with E-state index in [0.29, 0.717) is 10.8 Å². The second-order valence-electron chi connectivity index (χ2n) is 8.58. The maximum Gasteiger partial charge on any atom is 0.258 e. The molecule has 3 N–H and O–H groups in total. The summed E-state index contributed by atoms with van der Waals surface area (Å²) in [5.74, 6) is 0.245. The highest BCUT2D eigenvalue weighted by Gasteiger charge is 2.27. The van der Waals surface area contributed by atoms with Crippen LogP contribution in [0.2, 0.25) is 0 Å². The van der Waals surface area contributed by atoms with Gasteiger partial charge >= 0.3 is 0 Å². The van der Waals surface area contributed by atoms with Crippen molar-refractivity contribution in [1.82, 2.24) is 20.8 Å². The van der Waals surface area contributed by atoms with E-state index in [1.165, 1.54) is 23.9 Å². The van der Waals surface area contributed by atoms with Gasteiger partial charge in [0.25, 0.3) is 5.91 Å². The minimum Gasteiger partial charge on any atom is -0.349 e. The molecule has 1 unspecified atom stereocenters. The minimum atomic E-state index is -0.206. The minimum absolute atomic E-state index is 0.0161. The molecule has 1 amide bonds. The van der Waals surface area contributed by atoms with Crippen LogP contribution in [0.4, 0.5) is 4.39 Å². The summed E-state index contributed by atoms with van der Waals surface area (Å²) in [5, 5.41) is 15.3. The number of rotatable bonds is 7. The first-order valence-electron chi connectivity index (χ1n) is 11.3. The van der Waals surface area contributed by atoms with Gasteiger partial charge in [0.2, 0.25) is 0 Å². The van der Waals surface area contributed by atoms with Crippen molar-refractivity contribution in [3.05, 3.63) is 64.4 Å². The van der Waals surface area contributed by atoms with E-state index in [1.54, 1.807) is 0 Å². The van der Waals surface area contributed by atoms with Crippen LogP contribution >= 0.6 is 11.8 Å². The Hall–Kier alpha value is -2.64. The number of carbonyl (C=O) groups excluding carboxylic acids is 1. The lowest BCUT2D eigenvalue weighted by atomic mass is 9.86. The van der Waals surface area contributed by atoms with Crippen molar-refractivity contribution in [1.29, 1.82) is 0 Å². The largest absolute Gasteiger partial charge is 0.349 e. The number of halogens is 1. The number of benzene rings is 2. The van der Waals surface area contributed by atoms with Crippen LogP contribution in [0.15, 0.2) is 52.3 Å². The first kappa shape index (κ1) is 21.2. The second kappa shape index (κ2) is 9.46. The number of carbonyl (C=O) groups is 1. The number of hydrogen-bond acceptors (Lipinski definition) is 4. The summed E-state index contributed by atoms with van der Waals surface area (Å²) >= 11 is 1.51. The van der Waals surface area contributed by atoms with Gasteiger partial charge in [-0.25, -0.2) is 4.39 Å².